The number of anilines is 1. The Morgan fingerprint density at radius 2 is 1.71 bits per heavy atom. The lowest BCUT2D eigenvalue weighted by atomic mass is 10.1. The molecule has 2 aromatic carbocycles. The summed E-state index contributed by atoms with van der Waals surface area (Å²) in [6, 6.07) is 12.6. The summed E-state index contributed by atoms with van der Waals surface area (Å²) in [5, 5.41) is 0. The molecule has 1 saturated heterocycles. The third-order valence-corrected chi connectivity index (χ3v) is 4.66. The van der Waals surface area contributed by atoms with Crippen molar-refractivity contribution in [3.05, 3.63) is 48.0 Å². The normalized spacial score (nSPS) is 16.0. The average Bonchev–Trinajstić information content (AvgIpc) is 3.13. The van der Waals surface area contributed by atoms with Crippen molar-refractivity contribution in [2.75, 3.05) is 32.8 Å². The minimum absolute atomic E-state index is 0.0958. The van der Waals surface area contributed by atoms with Gasteiger partial charge in [-0.1, -0.05) is 18.2 Å². The van der Waals surface area contributed by atoms with Crippen molar-refractivity contribution < 1.29 is 28.5 Å². The molecule has 0 N–H and O–H groups in total. The van der Waals surface area contributed by atoms with Gasteiger partial charge in [-0.2, -0.15) is 0 Å². The summed E-state index contributed by atoms with van der Waals surface area (Å²) in [6.07, 6.45) is 0.114. The fourth-order valence-corrected chi connectivity index (χ4v) is 3.19. The fourth-order valence-electron chi connectivity index (χ4n) is 3.19. The second-order valence-electron chi connectivity index (χ2n) is 6.37. The van der Waals surface area contributed by atoms with Crippen LogP contribution in [0.1, 0.15) is 12.0 Å². The number of esters is 1. The Kier molecular flexibility index (Phi) is 6.03. The van der Waals surface area contributed by atoms with Gasteiger partial charge in [0.25, 0.3) is 0 Å². The van der Waals surface area contributed by atoms with Crippen LogP contribution in [-0.4, -0.2) is 39.8 Å². The SMILES string of the molecule is COc1ccc(COC(=O)[C@H]2CC(=O)N(c3ccccc3OC)C2)cc1OC. The fraction of sp³-hybridized carbons (Fsp3) is 0.333. The molecular weight excluding hydrogens is 362 g/mol. The number of benzene rings is 2. The van der Waals surface area contributed by atoms with E-state index in [9.17, 15) is 9.59 Å². The first kappa shape index (κ1) is 19.5. The van der Waals surface area contributed by atoms with Crippen molar-refractivity contribution in [1.82, 2.24) is 0 Å². The molecule has 1 fully saturated rings. The Balaban J connectivity index is 1.64. The molecule has 28 heavy (non-hydrogen) atoms. The number of methoxy groups -OCH3 is 3. The second-order valence-corrected chi connectivity index (χ2v) is 6.37. The summed E-state index contributed by atoms with van der Waals surface area (Å²) < 4.78 is 21.2. The van der Waals surface area contributed by atoms with Gasteiger partial charge in [-0.3, -0.25) is 9.59 Å². The Morgan fingerprint density at radius 3 is 2.43 bits per heavy atom. The first-order chi connectivity index (χ1) is 13.6. The number of ether oxygens (including phenoxy) is 4. The Hall–Kier alpha value is -3.22. The van der Waals surface area contributed by atoms with E-state index in [-0.39, 0.29) is 25.5 Å². The van der Waals surface area contributed by atoms with Gasteiger partial charge in [-0.05, 0) is 29.8 Å². The van der Waals surface area contributed by atoms with Crippen LogP contribution in [0.4, 0.5) is 5.69 Å². The van der Waals surface area contributed by atoms with Crippen molar-refractivity contribution in [2.45, 2.75) is 13.0 Å². The maximum atomic E-state index is 12.5. The predicted octanol–water partition coefficient (Wildman–Crippen LogP) is 2.81. The van der Waals surface area contributed by atoms with Crippen LogP contribution in [0, 0.1) is 5.92 Å². The molecule has 1 aliphatic heterocycles. The van der Waals surface area contributed by atoms with E-state index in [2.05, 4.69) is 0 Å². The minimum Gasteiger partial charge on any atom is -0.495 e. The molecule has 148 valence electrons. The van der Waals surface area contributed by atoms with Gasteiger partial charge in [-0.25, -0.2) is 0 Å². The largest absolute Gasteiger partial charge is 0.495 e. The van der Waals surface area contributed by atoms with E-state index in [1.165, 1.54) is 0 Å². The van der Waals surface area contributed by atoms with Gasteiger partial charge in [-0.15, -0.1) is 0 Å². The van der Waals surface area contributed by atoms with Gasteiger partial charge in [0, 0.05) is 13.0 Å². The molecule has 7 heteroatoms. The molecule has 0 bridgehead atoms. The minimum atomic E-state index is -0.516. The number of carbonyl (C=O) groups is 2. The summed E-state index contributed by atoms with van der Waals surface area (Å²) in [7, 11) is 4.65. The molecule has 1 heterocycles. The quantitative estimate of drug-likeness (QED) is 0.683. The lowest BCUT2D eigenvalue weighted by Crippen LogP contribution is -2.26. The van der Waals surface area contributed by atoms with Crippen LogP contribution in [0.15, 0.2) is 42.5 Å². The topological polar surface area (TPSA) is 74.3 Å². The van der Waals surface area contributed by atoms with Crippen LogP contribution < -0.4 is 19.1 Å². The van der Waals surface area contributed by atoms with E-state index in [1.807, 2.05) is 12.1 Å². The lowest BCUT2D eigenvalue weighted by molar-refractivity contribution is -0.149. The summed E-state index contributed by atoms with van der Waals surface area (Å²) in [5.74, 6) is 0.715. The zero-order valence-electron chi connectivity index (χ0n) is 16.1. The number of rotatable bonds is 7. The monoisotopic (exact) mass is 385 g/mol. The van der Waals surface area contributed by atoms with Gasteiger partial charge < -0.3 is 23.8 Å². The molecule has 1 aliphatic rings. The van der Waals surface area contributed by atoms with Crippen LogP contribution in [-0.2, 0) is 20.9 Å². The highest BCUT2D eigenvalue weighted by molar-refractivity contribution is 6.00. The number of carbonyl (C=O) groups excluding carboxylic acids is 2. The summed E-state index contributed by atoms with van der Waals surface area (Å²) >= 11 is 0. The van der Waals surface area contributed by atoms with E-state index in [1.54, 1.807) is 56.6 Å². The molecule has 0 spiro atoms. The molecule has 2 aromatic rings. The zero-order valence-corrected chi connectivity index (χ0v) is 16.1. The molecule has 7 nitrogen and oxygen atoms in total. The molecule has 0 aliphatic carbocycles. The lowest BCUT2D eigenvalue weighted by Gasteiger charge is -2.19. The van der Waals surface area contributed by atoms with Crippen LogP contribution in [0.3, 0.4) is 0 Å². The third-order valence-electron chi connectivity index (χ3n) is 4.66. The van der Waals surface area contributed by atoms with Crippen molar-refractivity contribution in [2.24, 2.45) is 5.92 Å². The second kappa shape index (κ2) is 8.65. The maximum Gasteiger partial charge on any atom is 0.311 e. The van der Waals surface area contributed by atoms with Gasteiger partial charge in [0.05, 0.1) is 32.9 Å². The first-order valence-electron chi connectivity index (χ1n) is 8.88. The van der Waals surface area contributed by atoms with Crippen molar-refractivity contribution >= 4 is 17.6 Å². The molecule has 0 unspecified atom stereocenters. The highest BCUT2D eigenvalue weighted by Gasteiger charge is 2.37. The Labute approximate surface area is 163 Å². The third kappa shape index (κ3) is 4.03. The molecule has 0 radical (unpaired) electrons. The maximum absolute atomic E-state index is 12.5. The molecule has 1 atom stereocenters. The highest BCUT2D eigenvalue weighted by Crippen LogP contribution is 2.33. The van der Waals surface area contributed by atoms with Crippen LogP contribution in [0.25, 0.3) is 0 Å². The number of amides is 1. The number of hydrogen-bond acceptors (Lipinski definition) is 6. The van der Waals surface area contributed by atoms with Crippen molar-refractivity contribution in [1.29, 1.82) is 0 Å². The molecular formula is C21H23NO6. The van der Waals surface area contributed by atoms with Gasteiger partial charge in [0.1, 0.15) is 12.4 Å². The smallest absolute Gasteiger partial charge is 0.311 e. The number of nitrogens with zero attached hydrogens (tertiary/aromatic N) is 1. The van der Waals surface area contributed by atoms with Crippen molar-refractivity contribution in [3.63, 3.8) is 0 Å². The predicted molar refractivity (Wildman–Crippen MR) is 103 cm³/mol. The van der Waals surface area contributed by atoms with E-state index in [0.717, 1.165) is 5.56 Å². The van der Waals surface area contributed by atoms with E-state index >= 15 is 0 Å². The van der Waals surface area contributed by atoms with Crippen LogP contribution >= 0.6 is 0 Å². The molecule has 1 amide bonds. The number of hydrogen-bond donors (Lipinski definition) is 0. The molecule has 0 aromatic heterocycles. The molecule has 3 rings (SSSR count). The van der Waals surface area contributed by atoms with Gasteiger partial charge >= 0.3 is 5.97 Å². The standard InChI is InChI=1S/C21H23NO6/c1-25-17-7-5-4-6-16(17)22-12-15(11-20(22)23)21(24)28-13-14-8-9-18(26-2)19(10-14)27-3/h4-10,15H,11-13H2,1-3H3/t15-/m0/s1. The first-order valence-corrected chi connectivity index (χ1v) is 8.88. The van der Waals surface area contributed by atoms with Crippen LogP contribution in [0.5, 0.6) is 17.2 Å². The average molecular weight is 385 g/mol. The van der Waals surface area contributed by atoms with Gasteiger partial charge in [0.2, 0.25) is 5.91 Å². The summed E-state index contributed by atoms with van der Waals surface area (Å²) in [6.45, 7) is 0.364. The van der Waals surface area contributed by atoms with E-state index in [0.29, 0.717) is 22.9 Å². The summed E-state index contributed by atoms with van der Waals surface area (Å²) in [5.41, 5.74) is 1.43. The zero-order chi connectivity index (χ0) is 20.1. The highest BCUT2D eigenvalue weighted by atomic mass is 16.5. The number of para-hydroxylation sites is 2. The van der Waals surface area contributed by atoms with E-state index in [4.69, 9.17) is 18.9 Å². The van der Waals surface area contributed by atoms with Gasteiger partial charge in [0.15, 0.2) is 11.5 Å². The summed E-state index contributed by atoms with van der Waals surface area (Å²) in [4.78, 5) is 26.5. The van der Waals surface area contributed by atoms with Crippen LogP contribution in [0.2, 0.25) is 0 Å². The van der Waals surface area contributed by atoms with E-state index < -0.39 is 11.9 Å². The Bertz CT molecular complexity index is 866. The Morgan fingerprint density at radius 1 is 1.00 bits per heavy atom. The molecule has 0 saturated carbocycles. The van der Waals surface area contributed by atoms with Crippen molar-refractivity contribution in [3.8, 4) is 17.2 Å².